The molecule has 0 aliphatic heterocycles. The molecule has 0 unspecified atom stereocenters. The number of aromatic nitrogens is 4. The summed E-state index contributed by atoms with van der Waals surface area (Å²) in [5.41, 5.74) is 0.974. The molecular formula is C14H9ClFN5O. The number of benzene rings is 2. The Morgan fingerprint density at radius 1 is 1.23 bits per heavy atom. The van der Waals surface area contributed by atoms with E-state index in [1.807, 2.05) is 0 Å². The van der Waals surface area contributed by atoms with Crippen LogP contribution in [0.1, 0.15) is 10.4 Å². The average Bonchev–Trinajstić information content (AvgIpc) is 3.06. The van der Waals surface area contributed by atoms with Gasteiger partial charge in [-0.1, -0.05) is 23.7 Å². The first-order valence-corrected chi connectivity index (χ1v) is 6.62. The van der Waals surface area contributed by atoms with E-state index in [9.17, 15) is 9.18 Å². The number of halogens is 2. The second-order valence-electron chi connectivity index (χ2n) is 4.36. The molecular weight excluding hydrogens is 309 g/mol. The summed E-state index contributed by atoms with van der Waals surface area (Å²) in [5, 5.41) is 13.2. The summed E-state index contributed by atoms with van der Waals surface area (Å²) in [5.74, 6) is -1.13. The summed E-state index contributed by atoms with van der Waals surface area (Å²) < 4.78 is 15.2. The van der Waals surface area contributed by atoms with Gasteiger partial charge in [-0.25, -0.2) is 9.07 Å². The van der Waals surface area contributed by atoms with Crippen molar-refractivity contribution in [1.29, 1.82) is 0 Å². The molecule has 0 spiro atoms. The number of tetrazole rings is 1. The fourth-order valence-electron chi connectivity index (χ4n) is 1.86. The van der Waals surface area contributed by atoms with Crippen molar-refractivity contribution in [3.05, 3.63) is 65.2 Å². The maximum Gasteiger partial charge on any atom is 0.255 e. The molecule has 8 heteroatoms. The normalized spacial score (nSPS) is 10.5. The van der Waals surface area contributed by atoms with E-state index in [0.717, 1.165) is 0 Å². The molecule has 2 aromatic carbocycles. The molecule has 0 atom stereocenters. The lowest BCUT2D eigenvalue weighted by molar-refractivity contribution is 0.102. The first kappa shape index (κ1) is 14.2. The van der Waals surface area contributed by atoms with Gasteiger partial charge in [0, 0.05) is 5.56 Å². The highest BCUT2D eigenvalue weighted by Gasteiger charge is 2.12. The second-order valence-corrected chi connectivity index (χ2v) is 4.77. The minimum Gasteiger partial charge on any atom is -0.319 e. The topological polar surface area (TPSA) is 72.7 Å². The molecule has 0 bridgehead atoms. The Morgan fingerprint density at radius 3 is 2.82 bits per heavy atom. The molecule has 1 N–H and O–H groups in total. The van der Waals surface area contributed by atoms with Gasteiger partial charge in [0.15, 0.2) is 5.82 Å². The Labute approximate surface area is 129 Å². The minimum absolute atomic E-state index is 0.0188. The van der Waals surface area contributed by atoms with Crippen LogP contribution in [0.2, 0.25) is 5.02 Å². The molecule has 1 aromatic heterocycles. The number of rotatable bonds is 3. The molecule has 3 rings (SSSR count). The van der Waals surface area contributed by atoms with Gasteiger partial charge in [-0.2, -0.15) is 0 Å². The van der Waals surface area contributed by atoms with E-state index < -0.39 is 11.7 Å². The zero-order valence-electron chi connectivity index (χ0n) is 11.1. The molecule has 6 nitrogen and oxygen atoms in total. The lowest BCUT2D eigenvalue weighted by atomic mass is 10.2. The predicted molar refractivity (Wildman–Crippen MR) is 78.5 cm³/mol. The molecule has 0 saturated carbocycles. The van der Waals surface area contributed by atoms with Crippen LogP contribution in [0.25, 0.3) is 5.69 Å². The standard InChI is InChI=1S/C14H9ClFN5O/c15-11-5-2-6-12(13(11)16)18-14(22)9-3-1-4-10(7-9)21-8-17-19-20-21/h1-8H,(H,18,22). The van der Waals surface area contributed by atoms with Gasteiger partial charge in [-0.15, -0.1) is 5.10 Å². The van der Waals surface area contributed by atoms with Gasteiger partial charge in [0.1, 0.15) is 6.33 Å². The van der Waals surface area contributed by atoms with Crippen molar-refractivity contribution in [2.24, 2.45) is 0 Å². The predicted octanol–water partition coefficient (Wildman–Crippen LogP) is 2.71. The van der Waals surface area contributed by atoms with Gasteiger partial charge in [0.2, 0.25) is 0 Å². The van der Waals surface area contributed by atoms with E-state index in [0.29, 0.717) is 11.3 Å². The van der Waals surface area contributed by atoms with Crippen LogP contribution in [0, 0.1) is 5.82 Å². The number of amides is 1. The summed E-state index contributed by atoms with van der Waals surface area (Å²) in [4.78, 5) is 12.2. The summed E-state index contributed by atoms with van der Waals surface area (Å²) in [6, 6.07) is 11.0. The zero-order chi connectivity index (χ0) is 15.5. The van der Waals surface area contributed by atoms with E-state index >= 15 is 0 Å². The maximum atomic E-state index is 13.8. The van der Waals surface area contributed by atoms with Gasteiger partial charge < -0.3 is 5.32 Å². The Morgan fingerprint density at radius 2 is 2.05 bits per heavy atom. The van der Waals surface area contributed by atoms with Crippen LogP contribution in [-0.4, -0.2) is 26.1 Å². The maximum absolute atomic E-state index is 13.8. The van der Waals surface area contributed by atoms with Crippen molar-refractivity contribution in [1.82, 2.24) is 20.2 Å². The van der Waals surface area contributed by atoms with Crippen molar-refractivity contribution >= 4 is 23.2 Å². The summed E-state index contributed by atoms with van der Waals surface area (Å²) in [6.45, 7) is 0. The van der Waals surface area contributed by atoms with Crippen molar-refractivity contribution in [3.8, 4) is 5.69 Å². The molecule has 0 aliphatic rings. The number of hydrogen-bond donors (Lipinski definition) is 1. The molecule has 110 valence electrons. The Bertz CT molecular complexity index is 822. The third kappa shape index (κ3) is 2.79. The van der Waals surface area contributed by atoms with Gasteiger partial charge >= 0.3 is 0 Å². The number of hydrogen-bond acceptors (Lipinski definition) is 4. The Balaban J connectivity index is 1.87. The SMILES string of the molecule is O=C(Nc1cccc(Cl)c1F)c1cccc(-n2cnnn2)c1. The lowest BCUT2D eigenvalue weighted by Gasteiger charge is -2.08. The summed E-state index contributed by atoms with van der Waals surface area (Å²) >= 11 is 5.68. The van der Waals surface area contributed by atoms with Crippen LogP contribution in [0.4, 0.5) is 10.1 Å². The van der Waals surface area contributed by atoms with E-state index in [4.69, 9.17) is 11.6 Å². The monoisotopic (exact) mass is 317 g/mol. The quantitative estimate of drug-likeness (QED) is 0.806. The highest BCUT2D eigenvalue weighted by atomic mass is 35.5. The number of carbonyl (C=O) groups is 1. The molecule has 1 heterocycles. The smallest absolute Gasteiger partial charge is 0.255 e. The Hall–Kier alpha value is -2.80. The van der Waals surface area contributed by atoms with Crippen molar-refractivity contribution in [2.45, 2.75) is 0 Å². The molecule has 0 saturated heterocycles. The molecule has 3 aromatic rings. The molecule has 0 radical (unpaired) electrons. The summed E-state index contributed by atoms with van der Waals surface area (Å²) in [7, 11) is 0. The van der Waals surface area contributed by atoms with E-state index in [2.05, 4.69) is 20.8 Å². The van der Waals surface area contributed by atoms with Crippen molar-refractivity contribution < 1.29 is 9.18 Å². The van der Waals surface area contributed by atoms with Gasteiger partial charge in [0.05, 0.1) is 16.4 Å². The first-order valence-electron chi connectivity index (χ1n) is 6.24. The summed E-state index contributed by atoms with van der Waals surface area (Å²) in [6.07, 6.45) is 1.41. The second kappa shape index (κ2) is 5.90. The zero-order valence-corrected chi connectivity index (χ0v) is 11.8. The van der Waals surface area contributed by atoms with Crippen molar-refractivity contribution in [2.75, 3.05) is 5.32 Å². The highest BCUT2D eigenvalue weighted by molar-refractivity contribution is 6.31. The minimum atomic E-state index is -0.672. The number of anilines is 1. The third-order valence-electron chi connectivity index (χ3n) is 2.92. The molecule has 1 amide bonds. The molecule has 0 aliphatic carbocycles. The molecule has 22 heavy (non-hydrogen) atoms. The first-order chi connectivity index (χ1) is 10.6. The van der Waals surface area contributed by atoms with Gasteiger partial charge in [-0.05, 0) is 40.8 Å². The van der Waals surface area contributed by atoms with Gasteiger partial charge in [-0.3, -0.25) is 4.79 Å². The highest BCUT2D eigenvalue weighted by Crippen LogP contribution is 2.22. The van der Waals surface area contributed by atoms with Crippen LogP contribution >= 0.6 is 11.6 Å². The van der Waals surface area contributed by atoms with Crippen LogP contribution in [0.5, 0.6) is 0 Å². The fourth-order valence-corrected chi connectivity index (χ4v) is 2.04. The van der Waals surface area contributed by atoms with Crippen molar-refractivity contribution in [3.63, 3.8) is 0 Å². The van der Waals surface area contributed by atoms with Crippen LogP contribution in [0.15, 0.2) is 48.8 Å². The number of nitrogens with zero attached hydrogens (tertiary/aromatic N) is 4. The lowest BCUT2D eigenvalue weighted by Crippen LogP contribution is -2.13. The number of nitrogens with one attached hydrogen (secondary N) is 1. The van der Waals surface area contributed by atoms with Crippen LogP contribution < -0.4 is 5.32 Å². The molecule has 0 fully saturated rings. The van der Waals surface area contributed by atoms with Gasteiger partial charge in [0.25, 0.3) is 5.91 Å². The Kier molecular flexibility index (Phi) is 3.80. The average molecular weight is 318 g/mol. The van der Waals surface area contributed by atoms with E-state index in [1.165, 1.54) is 23.1 Å². The van der Waals surface area contributed by atoms with Crippen LogP contribution in [-0.2, 0) is 0 Å². The number of carbonyl (C=O) groups excluding carboxylic acids is 1. The third-order valence-corrected chi connectivity index (χ3v) is 3.21. The fraction of sp³-hybridized carbons (Fsp3) is 0. The van der Waals surface area contributed by atoms with E-state index in [1.54, 1.807) is 30.3 Å². The van der Waals surface area contributed by atoms with Crippen LogP contribution in [0.3, 0.4) is 0 Å². The largest absolute Gasteiger partial charge is 0.319 e. The van der Waals surface area contributed by atoms with E-state index in [-0.39, 0.29) is 10.7 Å².